The summed E-state index contributed by atoms with van der Waals surface area (Å²) in [5, 5.41) is 2.81. The molecule has 1 aliphatic carbocycles. The third-order valence-corrected chi connectivity index (χ3v) is 2.89. The Labute approximate surface area is 97.4 Å². The second-order valence-corrected chi connectivity index (χ2v) is 4.40. The normalized spacial score (nSPS) is 17.7. The summed E-state index contributed by atoms with van der Waals surface area (Å²) in [5.74, 6) is 0.673. The van der Waals surface area contributed by atoms with Crippen LogP contribution in [0.2, 0.25) is 0 Å². The number of amides is 1. The topological polar surface area (TPSA) is 38.3 Å². The molecule has 3 nitrogen and oxygen atoms in total. The molecule has 88 valence electrons. The standard InChI is InChI=1S/C11H21NO2S/c13-11(6-9-15)12-7-8-14-10-4-2-1-3-5-10/h10,15H,1-9H2,(H,12,13). The van der Waals surface area contributed by atoms with Crippen molar-refractivity contribution in [1.29, 1.82) is 0 Å². The Hall–Kier alpha value is -0.220. The second-order valence-electron chi connectivity index (χ2n) is 3.95. The highest BCUT2D eigenvalue weighted by molar-refractivity contribution is 7.80. The van der Waals surface area contributed by atoms with Gasteiger partial charge in [-0.3, -0.25) is 4.79 Å². The highest BCUT2D eigenvalue weighted by Gasteiger charge is 2.13. The van der Waals surface area contributed by atoms with Crippen LogP contribution in [-0.2, 0) is 9.53 Å². The van der Waals surface area contributed by atoms with Crippen LogP contribution in [0.15, 0.2) is 0 Å². The molecule has 1 rings (SSSR count). The lowest BCUT2D eigenvalue weighted by molar-refractivity contribution is -0.121. The molecule has 0 unspecified atom stereocenters. The molecule has 0 saturated heterocycles. The molecule has 0 atom stereocenters. The number of carbonyl (C=O) groups is 1. The van der Waals surface area contributed by atoms with E-state index in [1.54, 1.807) is 0 Å². The molecule has 0 aliphatic heterocycles. The fraction of sp³-hybridized carbons (Fsp3) is 0.909. The Morgan fingerprint density at radius 3 is 2.73 bits per heavy atom. The SMILES string of the molecule is O=C(CCS)NCCOC1CCCCC1. The van der Waals surface area contributed by atoms with Gasteiger partial charge in [-0.2, -0.15) is 12.6 Å². The van der Waals surface area contributed by atoms with Gasteiger partial charge in [0.25, 0.3) is 0 Å². The van der Waals surface area contributed by atoms with Crippen molar-refractivity contribution >= 4 is 18.5 Å². The number of rotatable bonds is 6. The molecule has 0 spiro atoms. The van der Waals surface area contributed by atoms with Gasteiger partial charge in [0, 0.05) is 13.0 Å². The van der Waals surface area contributed by atoms with Gasteiger partial charge in [-0.05, 0) is 18.6 Å². The third kappa shape index (κ3) is 6.05. The van der Waals surface area contributed by atoms with Crippen molar-refractivity contribution in [3.05, 3.63) is 0 Å². The van der Waals surface area contributed by atoms with Crippen molar-refractivity contribution in [3.8, 4) is 0 Å². The lowest BCUT2D eigenvalue weighted by Crippen LogP contribution is -2.29. The maximum Gasteiger partial charge on any atom is 0.220 e. The molecule has 1 amide bonds. The number of ether oxygens (including phenoxy) is 1. The first-order valence-electron chi connectivity index (χ1n) is 5.82. The van der Waals surface area contributed by atoms with E-state index in [0.717, 1.165) is 0 Å². The average Bonchev–Trinajstić information content (AvgIpc) is 2.26. The predicted octanol–water partition coefficient (Wildman–Crippen LogP) is 1.77. The predicted molar refractivity (Wildman–Crippen MR) is 64.3 cm³/mol. The molecule has 1 N–H and O–H groups in total. The van der Waals surface area contributed by atoms with Crippen LogP contribution >= 0.6 is 12.6 Å². The van der Waals surface area contributed by atoms with Crippen molar-refractivity contribution < 1.29 is 9.53 Å². The number of thiol groups is 1. The van der Waals surface area contributed by atoms with Gasteiger partial charge < -0.3 is 10.1 Å². The summed E-state index contributed by atoms with van der Waals surface area (Å²) in [6.45, 7) is 1.27. The molecule has 1 saturated carbocycles. The minimum atomic E-state index is 0.0669. The Kier molecular flexibility index (Phi) is 6.85. The zero-order valence-electron chi connectivity index (χ0n) is 9.21. The largest absolute Gasteiger partial charge is 0.376 e. The zero-order valence-corrected chi connectivity index (χ0v) is 10.1. The first kappa shape index (κ1) is 12.8. The number of hydrogen-bond acceptors (Lipinski definition) is 3. The first-order chi connectivity index (χ1) is 7.33. The Bertz CT molecular complexity index is 181. The van der Waals surface area contributed by atoms with Crippen molar-refractivity contribution in [2.75, 3.05) is 18.9 Å². The van der Waals surface area contributed by atoms with E-state index in [1.165, 1.54) is 32.1 Å². The van der Waals surface area contributed by atoms with Gasteiger partial charge in [-0.1, -0.05) is 19.3 Å². The highest BCUT2D eigenvalue weighted by atomic mass is 32.1. The quantitative estimate of drug-likeness (QED) is 0.540. The summed E-state index contributed by atoms with van der Waals surface area (Å²) in [4.78, 5) is 11.1. The van der Waals surface area contributed by atoms with Crippen LogP contribution in [-0.4, -0.2) is 30.9 Å². The van der Waals surface area contributed by atoms with Crippen LogP contribution in [0.25, 0.3) is 0 Å². The maximum absolute atomic E-state index is 11.1. The monoisotopic (exact) mass is 231 g/mol. The van der Waals surface area contributed by atoms with Crippen LogP contribution in [0, 0.1) is 0 Å². The first-order valence-corrected chi connectivity index (χ1v) is 6.45. The summed E-state index contributed by atoms with van der Waals surface area (Å²) in [5.41, 5.74) is 0. The van der Waals surface area contributed by atoms with Crippen molar-refractivity contribution in [3.63, 3.8) is 0 Å². The molecule has 0 bridgehead atoms. The van der Waals surface area contributed by atoms with Crippen LogP contribution < -0.4 is 5.32 Å². The molecule has 0 aromatic rings. The van der Waals surface area contributed by atoms with Crippen molar-refractivity contribution in [2.24, 2.45) is 0 Å². The van der Waals surface area contributed by atoms with Gasteiger partial charge in [0.2, 0.25) is 5.91 Å². The highest BCUT2D eigenvalue weighted by Crippen LogP contribution is 2.19. The lowest BCUT2D eigenvalue weighted by atomic mass is 9.98. The van der Waals surface area contributed by atoms with Gasteiger partial charge in [0.1, 0.15) is 0 Å². The van der Waals surface area contributed by atoms with Crippen molar-refractivity contribution in [1.82, 2.24) is 5.32 Å². The fourth-order valence-electron chi connectivity index (χ4n) is 1.84. The summed E-state index contributed by atoms with van der Waals surface area (Å²) in [6.07, 6.45) is 7.22. The van der Waals surface area contributed by atoms with E-state index in [2.05, 4.69) is 17.9 Å². The number of carbonyl (C=O) groups excluding carboxylic acids is 1. The van der Waals surface area contributed by atoms with Gasteiger partial charge >= 0.3 is 0 Å². The Morgan fingerprint density at radius 2 is 2.07 bits per heavy atom. The molecular formula is C11H21NO2S. The van der Waals surface area contributed by atoms with E-state index < -0.39 is 0 Å². The Balaban J connectivity index is 1.93. The van der Waals surface area contributed by atoms with E-state index in [0.29, 0.717) is 31.4 Å². The van der Waals surface area contributed by atoms with Gasteiger partial charge in [-0.25, -0.2) is 0 Å². The fourth-order valence-corrected chi connectivity index (χ4v) is 2.04. The van der Waals surface area contributed by atoms with E-state index in [4.69, 9.17) is 4.74 Å². The van der Waals surface area contributed by atoms with Gasteiger partial charge in [0.05, 0.1) is 12.7 Å². The van der Waals surface area contributed by atoms with E-state index in [1.807, 2.05) is 0 Å². The maximum atomic E-state index is 11.1. The average molecular weight is 231 g/mol. The molecule has 0 heterocycles. The van der Waals surface area contributed by atoms with Crippen LogP contribution in [0.1, 0.15) is 38.5 Å². The molecule has 0 radical (unpaired) electrons. The summed E-state index contributed by atoms with van der Waals surface area (Å²) in [6, 6.07) is 0. The van der Waals surface area contributed by atoms with Gasteiger partial charge in [0.15, 0.2) is 0 Å². The molecular weight excluding hydrogens is 210 g/mol. The van der Waals surface area contributed by atoms with Gasteiger partial charge in [-0.15, -0.1) is 0 Å². The number of nitrogens with one attached hydrogen (secondary N) is 1. The molecule has 15 heavy (non-hydrogen) atoms. The third-order valence-electron chi connectivity index (χ3n) is 2.67. The molecule has 1 aliphatic rings. The molecule has 0 aromatic carbocycles. The number of hydrogen-bond donors (Lipinski definition) is 2. The Morgan fingerprint density at radius 1 is 1.33 bits per heavy atom. The molecule has 0 aromatic heterocycles. The van der Waals surface area contributed by atoms with Crippen LogP contribution in [0.5, 0.6) is 0 Å². The molecule has 1 fully saturated rings. The van der Waals surface area contributed by atoms with E-state index >= 15 is 0 Å². The smallest absolute Gasteiger partial charge is 0.220 e. The zero-order chi connectivity index (χ0) is 10.9. The van der Waals surface area contributed by atoms with Crippen LogP contribution in [0.3, 0.4) is 0 Å². The molecule has 4 heteroatoms. The summed E-state index contributed by atoms with van der Waals surface area (Å²) < 4.78 is 5.68. The summed E-state index contributed by atoms with van der Waals surface area (Å²) >= 11 is 4.00. The van der Waals surface area contributed by atoms with Crippen molar-refractivity contribution in [2.45, 2.75) is 44.6 Å². The van der Waals surface area contributed by atoms with E-state index in [9.17, 15) is 4.79 Å². The lowest BCUT2D eigenvalue weighted by Gasteiger charge is -2.21. The summed E-state index contributed by atoms with van der Waals surface area (Å²) in [7, 11) is 0. The van der Waals surface area contributed by atoms with E-state index in [-0.39, 0.29) is 5.91 Å². The minimum Gasteiger partial charge on any atom is -0.376 e. The van der Waals surface area contributed by atoms with Crippen LogP contribution in [0.4, 0.5) is 0 Å². The minimum absolute atomic E-state index is 0.0669. The second kappa shape index (κ2) is 7.99.